The molecule has 3 unspecified atom stereocenters. The van der Waals surface area contributed by atoms with Gasteiger partial charge in [-0.15, -0.1) is 0 Å². The molecule has 4 amide bonds. The second kappa shape index (κ2) is 8.38. The summed E-state index contributed by atoms with van der Waals surface area (Å²) < 4.78 is 21.3. The first-order valence-electron chi connectivity index (χ1n) is 8.60. The predicted octanol–water partition coefficient (Wildman–Crippen LogP) is 0.741. The molecular weight excluding hydrogens is 344 g/mol. The summed E-state index contributed by atoms with van der Waals surface area (Å²) in [4.78, 5) is 32.7. The highest BCUT2D eigenvalue weighted by molar-refractivity contribution is 5.87. The van der Waals surface area contributed by atoms with Gasteiger partial charge in [-0.1, -0.05) is 6.92 Å². The Hall–Kier alpha value is -1.62. The predicted molar refractivity (Wildman–Crippen MR) is 91.9 cm³/mol. The van der Waals surface area contributed by atoms with Gasteiger partial charge in [-0.05, 0) is 13.3 Å². The van der Waals surface area contributed by atoms with E-state index in [0.29, 0.717) is 0 Å². The molecule has 2 saturated heterocycles. The summed E-state index contributed by atoms with van der Waals surface area (Å²) in [5.74, 6) is 0. The van der Waals surface area contributed by atoms with Gasteiger partial charge in [0.05, 0.1) is 6.61 Å². The Morgan fingerprint density at radius 2 is 1.46 bits per heavy atom. The van der Waals surface area contributed by atoms with Crippen molar-refractivity contribution in [2.45, 2.75) is 38.1 Å². The van der Waals surface area contributed by atoms with Crippen molar-refractivity contribution in [2.75, 3.05) is 55.2 Å². The lowest BCUT2D eigenvalue weighted by Gasteiger charge is -2.41. The number of carbonyl (C=O) groups excluding carboxylic acids is 2. The lowest BCUT2D eigenvalue weighted by atomic mass is 10.1. The Morgan fingerprint density at radius 3 is 1.92 bits per heavy atom. The number of hydrogen-bond acceptors (Lipinski definition) is 6. The maximum atomic E-state index is 13.3. The number of nitrogens with zero attached hydrogens (tertiary/aromatic N) is 4. The third-order valence-electron chi connectivity index (χ3n) is 5.04. The van der Waals surface area contributed by atoms with E-state index >= 15 is 0 Å². The van der Waals surface area contributed by atoms with Crippen LogP contribution in [-0.4, -0.2) is 105 Å². The molecule has 0 aromatic carbocycles. The van der Waals surface area contributed by atoms with E-state index in [1.54, 1.807) is 16.9 Å². The number of carbonyl (C=O) groups is 2. The van der Waals surface area contributed by atoms with E-state index in [0.717, 1.165) is 6.42 Å². The molecule has 0 saturated carbocycles. The Bertz CT molecular complexity index is 521. The molecule has 2 heterocycles. The summed E-state index contributed by atoms with van der Waals surface area (Å²) in [6.07, 6.45) is 0.161. The van der Waals surface area contributed by atoms with Gasteiger partial charge in [-0.2, -0.15) is 0 Å². The van der Waals surface area contributed by atoms with Gasteiger partial charge >= 0.3 is 12.1 Å². The highest BCUT2D eigenvalue weighted by Crippen LogP contribution is 2.45. The molecule has 2 aliphatic rings. The Kier molecular flexibility index (Phi) is 6.67. The Labute approximate surface area is 154 Å². The van der Waals surface area contributed by atoms with Gasteiger partial charge < -0.3 is 18.9 Å². The lowest BCUT2D eigenvalue weighted by molar-refractivity contribution is -0.108. The molecule has 0 radical (unpaired) electrons. The van der Waals surface area contributed by atoms with Crippen LogP contribution in [0.15, 0.2) is 0 Å². The van der Waals surface area contributed by atoms with Crippen molar-refractivity contribution in [3.63, 3.8) is 0 Å². The van der Waals surface area contributed by atoms with Crippen LogP contribution < -0.4 is 0 Å². The van der Waals surface area contributed by atoms with Crippen molar-refractivity contribution >= 4 is 12.1 Å². The van der Waals surface area contributed by atoms with E-state index < -0.39 is 11.8 Å². The molecule has 0 aliphatic carbocycles. The minimum Gasteiger partial charge on any atom is -0.380 e. The molecule has 3 atom stereocenters. The SMILES string of the molecule is CCC(C)N1C(=O)N(COC)C2(COC)C1N(COC)C(=O)N2COC. The van der Waals surface area contributed by atoms with Crippen molar-refractivity contribution in [1.82, 2.24) is 19.6 Å². The normalized spacial score (nSPS) is 26.9. The van der Waals surface area contributed by atoms with E-state index in [4.69, 9.17) is 18.9 Å². The zero-order valence-corrected chi connectivity index (χ0v) is 16.4. The average Bonchev–Trinajstić information content (AvgIpc) is 2.98. The quantitative estimate of drug-likeness (QED) is 0.561. The summed E-state index contributed by atoms with van der Waals surface area (Å²) in [6, 6.07) is -0.573. The molecule has 26 heavy (non-hydrogen) atoms. The van der Waals surface area contributed by atoms with Crippen LogP contribution in [0.3, 0.4) is 0 Å². The third-order valence-corrected chi connectivity index (χ3v) is 5.04. The van der Waals surface area contributed by atoms with Gasteiger partial charge in [0.2, 0.25) is 0 Å². The van der Waals surface area contributed by atoms with Crippen molar-refractivity contribution in [1.29, 1.82) is 0 Å². The minimum atomic E-state index is -1.07. The van der Waals surface area contributed by atoms with Crippen molar-refractivity contribution in [3.05, 3.63) is 0 Å². The van der Waals surface area contributed by atoms with Crippen LogP contribution in [0.25, 0.3) is 0 Å². The fraction of sp³-hybridized carbons (Fsp3) is 0.875. The molecule has 10 heteroatoms. The number of amides is 4. The van der Waals surface area contributed by atoms with Gasteiger partial charge in [0.1, 0.15) is 20.2 Å². The number of hydrogen-bond donors (Lipinski definition) is 0. The molecule has 0 N–H and O–H groups in total. The summed E-state index contributed by atoms with van der Waals surface area (Å²) in [6.45, 7) is 4.17. The van der Waals surface area contributed by atoms with Crippen molar-refractivity contribution in [2.24, 2.45) is 0 Å². The minimum absolute atomic E-state index is 0.0146. The highest BCUT2D eigenvalue weighted by atomic mass is 16.5. The molecule has 2 rings (SSSR count). The number of fused-ring (bicyclic) bond motifs is 1. The second-order valence-corrected chi connectivity index (χ2v) is 6.49. The number of rotatable bonds is 10. The second-order valence-electron chi connectivity index (χ2n) is 6.49. The molecule has 150 valence electrons. The van der Waals surface area contributed by atoms with Crippen LogP contribution >= 0.6 is 0 Å². The summed E-state index contributed by atoms with van der Waals surface area (Å²) in [5, 5.41) is 0. The summed E-state index contributed by atoms with van der Waals surface area (Å²) in [7, 11) is 6.08. The van der Waals surface area contributed by atoms with E-state index in [1.807, 2.05) is 13.8 Å². The molecule has 10 nitrogen and oxygen atoms in total. The fourth-order valence-corrected chi connectivity index (χ4v) is 3.81. The first kappa shape index (κ1) is 20.7. The Morgan fingerprint density at radius 1 is 0.923 bits per heavy atom. The highest BCUT2D eigenvalue weighted by Gasteiger charge is 2.70. The molecule has 2 fully saturated rings. The van der Waals surface area contributed by atoms with Crippen molar-refractivity contribution in [3.8, 4) is 0 Å². The van der Waals surface area contributed by atoms with Gasteiger partial charge in [0.15, 0.2) is 11.8 Å². The van der Waals surface area contributed by atoms with Gasteiger partial charge in [-0.25, -0.2) is 9.59 Å². The van der Waals surface area contributed by atoms with Crippen molar-refractivity contribution < 1.29 is 28.5 Å². The summed E-state index contributed by atoms with van der Waals surface area (Å²) >= 11 is 0. The van der Waals surface area contributed by atoms with Gasteiger partial charge in [0.25, 0.3) is 0 Å². The monoisotopic (exact) mass is 374 g/mol. The first-order valence-corrected chi connectivity index (χ1v) is 8.60. The Balaban J connectivity index is 2.64. The third kappa shape index (κ3) is 2.90. The van der Waals surface area contributed by atoms with Crippen LogP contribution in [0, 0.1) is 0 Å². The average molecular weight is 374 g/mol. The van der Waals surface area contributed by atoms with Crippen LogP contribution in [0.2, 0.25) is 0 Å². The lowest BCUT2D eigenvalue weighted by Crippen LogP contribution is -2.63. The van der Waals surface area contributed by atoms with E-state index in [-0.39, 0.29) is 44.9 Å². The number of ether oxygens (including phenoxy) is 4. The molecule has 0 aromatic rings. The molecule has 0 aromatic heterocycles. The maximum absolute atomic E-state index is 13.3. The largest absolute Gasteiger partial charge is 0.380 e. The van der Waals surface area contributed by atoms with Gasteiger partial charge in [-0.3, -0.25) is 19.6 Å². The van der Waals surface area contributed by atoms with E-state index in [2.05, 4.69) is 0 Å². The smallest absolute Gasteiger partial charge is 0.327 e. The van der Waals surface area contributed by atoms with Gasteiger partial charge in [0, 0.05) is 34.5 Å². The van der Waals surface area contributed by atoms with E-state index in [9.17, 15) is 9.59 Å². The van der Waals surface area contributed by atoms with E-state index in [1.165, 1.54) is 31.1 Å². The molecule has 2 aliphatic heterocycles. The van der Waals surface area contributed by atoms with Crippen LogP contribution in [-0.2, 0) is 18.9 Å². The maximum Gasteiger partial charge on any atom is 0.327 e. The zero-order chi connectivity index (χ0) is 19.5. The molecule has 0 spiro atoms. The fourth-order valence-electron chi connectivity index (χ4n) is 3.81. The van der Waals surface area contributed by atoms with Crippen LogP contribution in [0.5, 0.6) is 0 Å². The number of methoxy groups -OCH3 is 4. The zero-order valence-electron chi connectivity index (χ0n) is 16.4. The summed E-state index contributed by atoms with van der Waals surface area (Å²) in [5.41, 5.74) is -1.07. The molecular formula is C16H30N4O6. The number of urea groups is 2. The standard InChI is InChI=1S/C16H30N4O6/c1-7-12(2)20-13-16(8-23-3,19(11-26-6)15(20)22)18(10-25-5)14(21)17(13)9-24-4/h12-13H,7-11H2,1-6H3. The van der Waals surface area contributed by atoms with Crippen LogP contribution in [0.1, 0.15) is 20.3 Å². The topological polar surface area (TPSA) is 84.0 Å². The van der Waals surface area contributed by atoms with Crippen LogP contribution in [0.4, 0.5) is 9.59 Å². The molecule has 0 bridgehead atoms. The first-order chi connectivity index (χ1) is 12.5.